The molecule has 2 fully saturated rings. The second kappa shape index (κ2) is 10.2. The first kappa shape index (κ1) is 25.0. The van der Waals surface area contributed by atoms with Gasteiger partial charge in [0.15, 0.2) is 0 Å². The van der Waals surface area contributed by atoms with Crippen molar-refractivity contribution in [3.63, 3.8) is 0 Å². The van der Waals surface area contributed by atoms with Crippen LogP contribution in [0.4, 0.5) is 10.5 Å². The molecule has 0 aliphatic carbocycles. The van der Waals surface area contributed by atoms with Gasteiger partial charge in [-0.2, -0.15) is 0 Å². The smallest absolute Gasteiger partial charge is 0.328 e. The van der Waals surface area contributed by atoms with Gasteiger partial charge >= 0.3 is 12.0 Å². The molecule has 2 saturated heterocycles. The van der Waals surface area contributed by atoms with E-state index < -0.39 is 17.4 Å². The third-order valence-electron chi connectivity index (χ3n) is 7.37. The zero-order valence-electron chi connectivity index (χ0n) is 20.2. The van der Waals surface area contributed by atoms with E-state index in [1.165, 1.54) is 7.11 Å². The van der Waals surface area contributed by atoms with Gasteiger partial charge in [0.2, 0.25) is 5.91 Å². The van der Waals surface area contributed by atoms with E-state index in [4.69, 9.17) is 16.3 Å². The van der Waals surface area contributed by atoms with Crippen molar-refractivity contribution in [2.75, 3.05) is 25.1 Å². The van der Waals surface area contributed by atoms with Gasteiger partial charge in [0.1, 0.15) is 6.04 Å². The summed E-state index contributed by atoms with van der Waals surface area (Å²) in [6, 6.07) is 11.7. The molecule has 2 aliphatic heterocycles. The predicted molar refractivity (Wildman–Crippen MR) is 133 cm³/mol. The summed E-state index contributed by atoms with van der Waals surface area (Å²) in [5.74, 6) is -0.499. The Morgan fingerprint density at radius 1 is 1.23 bits per heavy atom. The zero-order chi connectivity index (χ0) is 25.2. The Morgan fingerprint density at radius 3 is 2.57 bits per heavy atom. The molecule has 9 heteroatoms. The lowest BCUT2D eigenvalue weighted by molar-refractivity contribution is -0.144. The molecule has 2 unspecified atom stereocenters. The van der Waals surface area contributed by atoms with Crippen molar-refractivity contribution in [1.82, 2.24) is 15.2 Å². The fraction of sp³-hybridized carbons (Fsp3) is 0.462. The molecule has 0 radical (unpaired) electrons. The molecule has 1 aromatic carbocycles. The molecular weight excluding hydrogens is 468 g/mol. The van der Waals surface area contributed by atoms with E-state index in [0.717, 1.165) is 17.8 Å². The summed E-state index contributed by atoms with van der Waals surface area (Å²) < 4.78 is 4.88. The Bertz CT molecular complexity index is 1090. The summed E-state index contributed by atoms with van der Waals surface area (Å²) in [5, 5.41) is 3.40. The van der Waals surface area contributed by atoms with Crippen LogP contribution in [-0.4, -0.2) is 54.0 Å². The number of anilines is 1. The Kier molecular flexibility index (Phi) is 7.31. The number of benzene rings is 1. The van der Waals surface area contributed by atoms with Gasteiger partial charge in [0, 0.05) is 30.0 Å². The van der Waals surface area contributed by atoms with Crippen molar-refractivity contribution in [3.05, 3.63) is 59.4 Å². The number of rotatable bonds is 6. The topological polar surface area (TPSA) is 91.8 Å². The Labute approximate surface area is 210 Å². The number of carbonyl (C=O) groups is 3. The number of esters is 1. The van der Waals surface area contributed by atoms with Gasteiger partial charge in [-0.1, -0.05) is 44.0 Å². The first-order valence-electron chi connectivity index (χ1n) is 12.0. The number of ether oxygens (including phenoxy) is 1. The van der Waals surface area contributed by atoms with Gasteiger partial charge < -0.3 is 19.9 Å². The number of piperidine rings is 1. The van der Waals surface area contributed by atoms with Crippen molar-refractivity contribution >= 4 is 35.2 Å². The van der Waals surface area contributed by atoms with E-state index in [1.54, 1.807) is 28.1 Å². The lowest BCUT2D eigenvalue weighted by atomic mass is 9.63. The summed E-state index contributed by atoms with van der Waals surface area (Å²) in [4.78, 5) is 46.8. The molecule has 35 heavy (non-hydrogen) atoms. The van der Waals surface area contributed by atoms with Crippen LogP contribution in [-0.2, 0) is 14.3 Å². The van der Waals surface area contributed by atoms with E-state index >= 15 is 0 Å². The van der Waals surface area contributed by atoms with Gasteiger partial charge in [0.05, 0.1) is 24.3 Å². The van der Waals surface area contributed by atoms with E-state index in [9.17, 15) is 14.4 Å². The largest absolute Gasteiger partial charge is 0.467 e. The van der Waals surface area contributed by atoms with E-state index in [2.05, 4.69) is 10.3 Å². The number of β-lactam (4-membered cyclic amide) rings is 1. The SMILES string of the molecule is CC[C@H](C)C(NC(=O)N1CCC2(CC1)C(=O)N(c1cccc(Cl)c1)C2c1ccccn1)C(=O)OC. The molecule has 2 aromatic rings. The normalized spacial score (nSPS) is 20.7. The maximum atomic E-state index is 13.6. The maximum absolute atomic E-state index is 13.6. The number of methoxy groups -OCH3 is 1. The molecule has 3 atom stereocenters. The highest BCUT2D eigenvalue weighted by atomic mass is 35.5. The number of likely N-dealkylation sites (tertiary alicyclic amines) is 1. The van der Waals surface area contributed by atoms with Crippen LogP contribution >= 0.6 is 11.6 Å². The fourth-order valence-electron chi connectivity index (χ4n) is 5.12. The molecule has 0 bridgehead atoms. The van der Waals surface area contributed by atoms with Crippen LogP contribution in [0.3, 0.4) is 0 Å². The number of urea groups is 1. The van der Waals surface area contributed by atoms with Crippen molar-refractivity contribution in [2.24, 2.45) is 11.3 Å². The highest BCUT2D eigenvalue weighted by Crippen LogP contribution is 2.57. The minimum Gasteiger partial charge on any atom is -0.467 e. The second-order valence-corrected chi connectivity index (χ2v) is 9.73. The van der Waals surface area contributed by atoms with Crippen LogP contribution in [0.15, 0.2) is 48.7 Å². The van der Waals surface area contributed by atoms with Gasteiger partial charge in [-0.15, -0.1) is 0 Å². The quantitative estimate of drug-likeness (QED) is 0.476. The number of hydrogen-bond donors (Lipinski definition) is 1. The standard InChI is InChI=1S/C26H31ClN4O4/c1-4-17(2)21(23(32)35-3)29-25(34)30-14-11-26(12-15-30)22(20-10-5-6-13-28-20)31(24(26)33)19-9-7-8-18(27)16-19/h5-10,13,16-17,21-22H,4,11-12,14-15H2,1-3H3,(H,29,34)/t17-,21?,22?/m0/s1. The fourth-order valence-corrected chi connectivity index (χ4v) is 5.30. The molecule has 2 aliphatic rings. The Hall–Kier alpha value is -3.13. The number of hydrogen-bond acceptors (Lipinski definition) is 5. The number of carbonyl (C=O) groups excluding carboxylic acids is 3. The maximum Gasteiger partial charge on any atom is 0.328 e. The van der Waals surface area contributed by atoms with Crippen molar-refractivity contribution < 1.29 is 19.1 Å². The van der Waals surface area contributed by atoms with Crippen LogP contribution < -0.4 is 10.2 Å². The van der Waals surface area contributed by atoms with Gasteiger partial charge in [-0.3, -0.25) is 9.78 Å². The number of nitrogens with one attached hydrogen (secondary N) is 1. The summed E-state index contributed by atoms with van der Waals surface area (Å²) in [6.45, 7) is 4.67. The number of pyridine rings is 1. The third kappa shape index (κ3) is 4.59. The number of halogens is 1. The lowest BCUT2D eigenvalue weighted by Crippen LogP contribution is -2.67. The van der Waals surface area contributed by atoms with Crippen LogP contribution in [0.5, 0.6) is 0 Å². The molecule has 1 N–H and O–H groups in total. The predicted octanol–water partition coefficient (Wildman–Crippen LogP) is 4.20. The van der Waals surface area contributed by atoms with Gasteiger partial charge in [-0.25, -0.2) is 9.59 Å². The van der Waals surface area contributed by atoms with Gasteiger partial charge in [0.25, 0.3) is 0 Å². The average molecular weight is 499 g/mol. The highest BCUT2D eigenvalue weighted by molar-refractivity contribution is 6.31. The van der Waals surface area contributed by atoms with Crippen molar-refractivity contribution in [1.29, 1.82) is 0 Å². The molecular formula is C26H31ClN4O4. The number of amides is 3. The highest BCUT2D eigenvalue weighted by Gasteiger charge is 2.62. The molecule has 0 saturated carbocycles. The first-order valence-corrected chi connectivity index (χ1v) is 12.3. The third-order valence-corrected chi connectivity index (χ3v) is 7.61. The monoisotopic (exact) mass is 498 g/mol. The van der Waals surface area contributed by atoms with Gasteiger partial charge in [-0.05, 0) is 49.1 Å². The van der Waals surface area contributed by atoms with Crippen LogP contribution in [0.2, 0.25) is 5.02 Å². The van der Waals surface area contributed by atoms with Crippen LogP contribution in [0, 0.1) is 11.3 Å². The summed E-state index contributed by atoms with van der Waals surface area (Å²) in [7, 11) is 1.32. The summed E-state index contributed by atoms with van der Waals surface area (Å²) >= 11 is 6.21. The first-order chi connectivity index (χ1) is 16.8. The van der Waals surface area contributed by atoms with Crippen molar-refractivity contribution in [2.45, 2.75) is 45.2 Å². The zero-order valence-corrected chi connectivity index (χ0v) is 21.0. The molecule has 3 amide bonds. The minimum atomic E-state index is -0.710. The van der Waals surface area contributed by atoms with Crippen molar-refractivity contribution in [3.8, 4) is 0 Å². The summed E-state index contributed by atoms with van der Waals surface area (Å²) in [5.41, 5.74) is 0.900. The Morgan fingerprint density at radius 2 is 1.97 bits per heavy atom. The Balaban J connectivity index is 1.53. The molecule has 3 heterocycles. The molecule has 1 spiro atoms. The van der Waals surface area contributed by atoms with Crippen LogP contribution in [0.1, 0.15) is 44.8 Å². The van der Waals surface area contributed by atoms with E-state index in [-0.39, 0.29) is 23.9 Å². The summed E-state index contributed by atoms with van der Waals surface area (Å²) in [6.07, 6.45) is 3.46. The average Bonchev–Trinajstić information content (AvgIpc) is 2.89. The van der Waals surface area contributed by atoms with Crippen LogP contribution in [0.25, 0.3) is 0 Å². The lowest BCUT2D eigenvalue weighted by Gasteiger charge is -2.58. The molecule has 186 valence electrons. The molecule has 8 nitrogen and oxygen atoms in total. The van der Waals surface area contributed by atoms with E-state index in [0.29, 0.717) is 31.0 Å². The number of nitrogens with zero attached hydrogens (tertiary/aromatic N) is 3. The molecule has 4 rings (SSSR count). The second-order valence-electron chi connectivity index (χ2n) is 9.29. The molecule has 1 aromatic heterocycles. The minimum absolute atomic E-state index is 0.0162. The van der Waals surface area contributed by atoms with E-state index in [1.807, 2.05) is 44.2 Å². The number of aromatic nitrogens is 1.